The van der Waals surface area contributed by atoms with E-state index in [1.165, 1.54) is 0 Å². The number of aromatic nitrogens is 2. The molecule has 0 bridgehead atoms. The fraction of sp³-hybridized carbons (Fsp3) is 0.619. The van der Waals surface area contributed by atoms with Crippen molar-refractivity contribution in [2.75, 3.05) is 13.2 Å². The molecule has 0 aliphatic rings. The smallest absolute Gasteiger partial charge is 0.356 e. The van der Waals surface area contributed by atoms with Crippen molar-refractivity contribution in [2.24, 2.45) is 0 Å². The molecule has 158 valence electrons. The summed E-state index contributed by atoms with van der Waals surface area (Å²) in [5, 5.41) is 4.70. The van der Waals surface area contributed by atoms with Gasteiger partial charge < -0.3 is 13.9 Å². The maximum atomic E-state index is 12.4. The second-order valence-electron chi connectivity index (χ2n) is 8.29. The minimum atomic E-state index is -1.89. The van der Waals surface area contributed by atoms with Gasteiger partial charge in [0, 0.05) is 0 Å². The van der Waals surface area contributed by atoms with Gasteiger partial charge in [-0.1, -0.05) is 27.4 Å². The molecule has 1 heterocycles. The third-order valence-corrected chi connectivity index (χ3v) is 9.55. The predicted molar refractivity (Wildman–Crippen MR) is 115 cm³/mol. The fourth-order valence-electron chi connectivity index (χ4n) is 2.24. The summed E-state index contributed by atoms with van der Waals surface area (Å²) in [6.45, 7) is 21.4. The SMILES string of the molecule is C=CC(=CC)OCc1cc(C(=O)OCC)n(C(C)CO[Si](C)(C)C(C)(C)C)n1. The van der Waals surface area contributed by atoms with E-state index in [0.717, 1.165) is 0 Å². The minimum absolute atomic E-state index is 0.108. The Hall–Kier alpha value is -1.86. The van der Waals surface area contributed by atoms with Crippen molar-refractivity contribution in [3.63, 3.8) is 0 Å². The molecule has 0 aliphatic heterocycles. The molecule has 0 fully saturated rings. The van der Waals surface area contributed by atoms with Gasteiger partial charge in [0.1, 0.15) is 23.8 Å². The molecule has 1 atom stereocenters. The average Bonchev–Trinajstić information content (AvgIpc) is 3.04. The molecule has 0 aromatic carbocycles. The largest absolute Gasteiger partial charge is 0.488 e. The highest BCUT2D eigenvalue weighted by molar-refractivity contribution is 6.74. The van der Waals surface area contributed by atoms with E-state index in [9.17, 15) is 4.79 Å². The summed E-state index contributed by atoms with van der Waals surface area (Å²) in [6, 6.07) is 1.61. The Bertz CT molecular complexity index is 702. The van der Waals surface area contributed by atoms with E-state index in [4.69, 9.17) is 13.9 Å². The van der Waals surface area contributed by atoms with Crippen LogP contribution in [0.2, 0.25) is 18.1 Å². The normalized spacial score (nSPS) is 13.9. The molecule has 0 saturated carbocycles. The van der Waals surface area contributed by atoms with Gasteiger partial charge in [0.05, 0.1) is 19.3 Å². The lowest BCUT2D eigenvalue weighted by Crippen LogP contribution is -2.42. The molecule has 1 aromatic heterocycles. The second-order valence-corrected chi connectivity index (χ2v) is 13.1. The Balaban J connectivity index is 3.03. The van der Waals surface area contributed by atoms with Crippen LogP contribution in [0, 0.1) is 0 Å². The molecule has 0 radical (unpaired) electrons. The molecule has 1 aromatic rings. The number of hydrogen-bond donors (Lipinski definition) is 0. The number of carbonyl (C=O) groups excluding carboxylic acids is 1. The number of allylic oxidation sites excluding steroid dienone is 2. The van der Waals surface area contributed by atoms with E-state index < -0.39 is 14.3 Å². The number of nitrogens with zero attached hydrogens (tertiary/aromatic N) is 2. The first-order valence-electron chi connectivity index (χ1n) is 9.77. The van der Waals surface area contributed by atoms with E-state index in [1.807, 2.05) is 19.9 Å². The van der Waals surface area contributed by atoms with Crippen LogP contribution in [0.3, 0.4) is 0 Å². The fourth-order valence-corrected chi connectivity index (χ4v) is 3.33. The van der Waals surface area contributed by atoms with Crippen LogP contribution < -0.4 is 0 Å². The monoisotopic (exact) mass is 408 g/mol. The molecule has 0 amide bonds. The average molecular weight is 409 g/mol. The molecule has 1 rings (SSSR count). The van der Waals surface area contributed by atoms with Crippen LogP contribution in [0.25, 0.3) is 0 Å². The predicted octanol–water partition coefficient (Wildman–Crippen LogP) is 5.25. The van der Waals surface area contributed by atoms with Crippen LogP contribution in [0.4, 0.5) is 0 Å². The highest BCUT2D eigenvalue weighted by atomic mass is 28.4. The lowest BCUT2D eigenvalue weighted by atomic mass is 10.2. The molecular formula is C21H36N2O4Si. The van der Waals surface area contributed by atoms with Crippen molar-refractivity contribution >= 4 is 14.3 Å². The van der Waals surface area contributed by atoms with Crippen LogP contribution in [0.1, 0.15) is 63.8 Å². The third kappa shape index (κ3) is 6.34. The van der Waals surface area contributed by atoms with Gasteiger partial charge in [0.15, 0.2) is 8.32 Å². The van der Waals surface area contributed by atoms with Crippen molar-refractivity contribution in [1.82, 2.24) is 9.78 Å². The number of hydrogen-bond acceptors (Lipinski definition) is 5. The summed E-state index contributed by atoms with van der Waals surface area (Å²) in [6.07, 6.45) is 3.46. The Kier molecular flexibility index (Phi) is 8.69. The van der Waals surface area contributed by atoms with Crippen molar-refractivity contribution in [3.8, 4) is 0 Å². The Morgan fingerprint density at radius 2 is 2.00 bits per heavy atom. The minimum Gasteiger partial charge on any atom is -0.488 e. The zero-order chi connectivity index (χ0) is 21.5. The van der Waals surface area contributed by atoms with E-state index in [-0.39, 0.29) is 17.7 Å². The van der Waals surface area contributed by atoms with E-state index in [0.29, 0.717) is 30.4 Å². The molecule has 28 heavy (non-hydrogen) atoms. The molecule has 0 spiro atoms. The Labute approximate surface area is 170 Å². The van der Waals surface area contributed by atoms with Crippen LogP contribution in [0.5, 0.6) is 0 Å². The highest BCUT2D eigenvalue weighted by Crippen LogP contribution is 2.37. The van der Waals surface area contributed by atoms with E-state index in [1.54, 1.807) is 23.7 Å². The number of carbonyl (C=O) groups is 1. The van der Waals surface area contributed by atoms with Crippen molar-refractivity contribution in [2.45, 2.75) is 72.3 Å². The van der Waals surface area contributed by atoms with Gasteiger partial charge in [0.2, 0.25) is 0 Å². The first-order valence-corrected chi connectivity index (χ1v) is 12.7. The van der Waals surface area contributed by atoms with Crippen molar-refractivity contribution in [1.29, 1.82) is 0 Å². The molecular weight excluding hydrogens is 372 g/mol. The van der Waals surface area contributed by atoms with Gasteiger partial charge in [-0.05, 0) is 57.1 Å². The molecule has 0 saturated heterocycles. The zero-order valence-electron chi connectivity index (χ0n) is 18.7. The van der Waals surface area contributed by atoms with Crippen molar-refractivity contribution in [3.05, 3.63) is 41.9 Å². The highest BCUT2D eigenvalue weighted by Gasteiger charge is 2.37. The van der Waals surface area contributed by atoms with Crippen LogP contribution in [-0.4, -0.2) is 37.3 Å². The first kappa shape index (κ1) is 24.2. The van der Waals surface area contributed by atoms with Gasteiger partial charge in [-0.2, -0.15) is 5.10 Å². The van der Waals surface area contributed by atoms with Crippen LogP contribution in [0.15, 0.2) is 30.6 Å². The van der Waals surface area contributed by atoms with E-state index in [2.05, 4.69) is 45.5 Å². The van der Waals surface area contributed by atoms with Gasteiger partial charge in [0.25, 0.3) is 0 Å². The Morgan fingerprint density at radius 1 is 1.36 bits per heavy atom. The van der Waals surface area contributed by atoms with Gasteiger partial charge in [-0.25, -0.2) is 4.79 Å². The number of esters is 1. The van der Waals surface area contributed by atoms with Gasteiger partial charge >= 0.3 is 5.97 Å². The maximum absolute atomic E-state index is 12.4. The summed E-state index contributed by atoms with van der Waals surface area (Å²) < 4.78 is 18.9. The van der Waals surface area contributed by atoms with Crippen LogP contribution in [-0.2, 0) is 20.5 Å². The summed E-state index contributed by atoms with van der Waals surface area (Å²) in [4.78, 5) is 12.4. The number of ether oxygens (including phenoxy) is 2. The summed E-state index contributed by atoms with van der Waals surface area (Å²) in [7, 11) is -1.89. The molecule has 1 unspecified atom stereocenters. The van der Waals surface area contributed by atoms with Gasteiger partial charge in [-0.3, -0.25) is 4.68 Å². The third-order valence-electron chi connectivity index (χ3n) is 5.05. The molecule has 0 N–H and O–H groups in total. The first-order chi connectivity index (χ1) is 13.0. The zero-order valence-corrected chi connectivity index (χ0v) is 19.7. The van der Waals surface area contributed by atoms with Crippen LogP contribution >= 0.6 is 0 Å². The summed E-state index contributed by atoms with van der Waals surface area (Å²) in [5.74, 6) is 0.275. The number of rotatable bonds is 10. The lowest BCUT2D eigenvalue weighted by molar-refractivity contribution is 0.0507. The second kappa shape index (κ2) is 10.1. The molecule has 7 heteroatoms. The lowest BCUT2D eigenvalue weighted by Gasteiger charge is -2.37. The quantitative estimate of drug-likeness (QED) is 0.229. The van der Waals surface area contributed by atoms with Crippen molar-refractivity contribution < 1.29 is 18.7 Å². The standard InChI is InChI=1S/C21H36N2O4Si/c1-10-18(11-2)26-15-17-13-19(20(24)25-12-3)23(22-17)16(4)14-27-28(8,9)21(5,6)7/h10-11,13,16H,1,12,14-15H2,2-9H3. The summed E-state index contributed by atoms with van der Waals surface area (Å²) in [5.41, 5.74) is 1.07. The van der Waals surface area contributed by atoms with Gasteiger partial charge in [-0.15, -0.1) is 0 Å². The summed E-state index contributed by atoms with van der Waals surface area (Å²) >= 11 is 0. The van der Waals surface area contributed by atoms with E-state index >= 15 is 0 Å². The maximum Gasteiger partial charge on any atom is 0.356 e. The molecule has 0 aliphatic carbocycles. The topological polar surface area (TPSA) is 62.6 Å². The molecule has 6 nitrogen and oxygen atoms in total. The Morgan fingerprint density at radius 3 is 2.50 bits per heavy atom.